The molecule has 3 nitrogen and oxygen atoms in total. The highest BCUT2D eigenvalue weighted by molar-refractivity contribution is 5.78. The van der Waals surface area contributed by atoms with Gasteiger partial charge in [-0.15, -0.1) is 0 Å². The van der Waals surface area contributed by atoms with Gasteiger partial charge in [0.15, 0.2) is 0 Å². The summed E-state index contributed by atoms with van der Waals surface area (Å²) in [6, 6.07) is 0.162. The normalized spacial score (nSPS) is 26.0. The summed E-state index contributed by atoms with van der Waals surface area (Å²) in [7, 11) is 0. The van der Waals surface area contributed by atoms with E-state index in [-0.39, 0.29) is 18.5 Å². The van der Waals surface area contributed by atoms with E-state index in [4.69, 9.17) is 0 Å². The lowest BCUT2D eigenvalue weighted by Crippen LogP contribution is -2.39. The summed E-state index contributed by atoms with van der Waals surface area (Å²) in [4.78, 5) is 11.0. The topological polar surface area (TPSA) is 41.1 Å². The number of hydrogen-bond donors (Lipinski definition) is 2. The van der Waals surface area contributed by atoms with E-state index >= 15 is 0 Å². The molecule has 0 heterocycles. The first-order valence-corrected chi connectivity index (χ1v) is 4.45. The Hall–Kier alpha value is -0.780. The van der Waals surface area contributed by atoms with Gasteiger partial charge < -0.3 is 10.6 Å². The Balaban J connectivity index is 2.04. The highest BCUT2D eigenvalue weighted by Crippen LogP contribution is 2.28. The average molecular weight is 210 g/mol. The first-order chi connectivity index (χ1) is 6.38. The van der Waals surface area contributed by atoms with Gasteiger partial charge in [0, 0.05) is 6.04 Å². The third-order valence-electron chi connectivity index (χ3n) is 2.07. The maximum atomic E-state index is 11.6. The van der Waals surface area contributed by atoms with Crippen molar-refractivity contribution in [3.8, 4) is 0 Å². The fourth-order valence-electron chi connectivity index (χ4n) is 1.10. The van der Waals surface area contributed by atoms with Crippen molar-refractivity contribution >= 4 is 5.91 Å². The second kappa shape index (κ2) is 4.16. The molecule has 1 saturated carbocycles. The van der Waals surface area contributed by atoms with Gasteiger partial charge in [0.05, 0.1) is 13.1 Å². The minimum Gasteiger partial charge on any atom is -0.352 e. The van der Waals surface area contributed by atoms with Crippen molar-refractivity contribution in [2.24, 2.45) is 5.92 Å². The molecule has 2 atom stereocenters. The van der Waals surface area contributed by atoms with Crippen LogP contribution < -0.4 is 10.6 Å². The molecule has 0 radical (unpaired) electrons. The summed E-state index contributed by atoms with van der Waals surface area (Å²) in [6.45, 7) is 0.581. The number of carbonyl (C=O) groups excluding carboxylic acids is 1. The third-order valence-corrected chi connectivity index (χ3v) is 2.07. The van der Waals surface area contributed by atoms with Crippen LogP contribution in [0, 0.1) is 5.92 Å². The van der Waals surface area contributed by atoms with Gasteiger partial charge in [-0.3, -0.25) is 4.79 Å². The van der Waals surface area contributed by atoms with Gasteiger partial charge in [0.25, 0.3) is 0 Å². The lowest BCUT2D eigenvalue weighted by Gasteiger charge is -2.08. The number of alkyl halides is 3. The number of halogens is 3. The molecule has 1 aliphatic carbocycles. The summed E-state index contributed by atoms with van der Waals surface area (Å²) >= 11 is 0. The standard InChI is InChI=1S/C8H13F3N2O/c1-5-2-6(5)13-7(14)3-12-4-8(9,10)11/h5-6,12H,2-4H2,1H3,(H,13,14). The highest BCUT2D eigenvalue weighted by atomic mass is 19.4. The van der Waals surface area contributed by atoms with Gasteiger partial charge >= 0.3 is 6.18 Å². The first kappa shape index (κ1) is 11.3. The predicted molar refractivity (Wildman–Crippen MR) is 44.6 cm³/mol. The molecule has 0 aromatic rings. The molecule has 0 aromatic heterocycles. The molecule has 82 valence electrons. The van der Waals surface area contributed by atoms with Crippen molar-refractivity contribution in [3.63, 3.8) is 0 Å². The minimum atomic E-state index is -4.26. The first-order valence-electron chi connectivity index (χ1n) is 4.45. The Morgan fingerprint density at radius 3 is 2.50 bits per heavy atom. The van der Waals surface area contributed by atoms with Crippen LogP contribution in [0.25, 0.3) is 0 Å². The Morgan fingerprint density at radius 2 is 2.07 bits per heavy atom. The van der Waals surface area contributed by atoms with E-state index in [2.05, 4.69) is 5.32 Å². The number of nitrogens with one attached hydrogen (secondary N) is 2. The Morgan fingerprint density at radius 1 is 1.50 bits per heavy atom. The Labute approximate surface area is 80.0 Å². The molecule has 14 heavy (non-hydrogen) atoms. The maximum Gasteiger partial charge on any atom is 0.401 e. The van der Waals surface area contributed by atoms with E-state index in [9.17, 15) is 18.0 Å². The molecule has 0 spiro atoms. The molecule has 2 N–H and O–H groups in total. The molecule has 2 unspecified atom stereocenters. The largest absolute Gasteiger partial charge is 0.401 e. The molecular formula is C8H13F3N2O. The van der Waals surface area contributed by atoms with Gasteiger partial charge in [0.2, 0.25) is 5.91 Å². The van der Waals surface area contributed by atoms with Crippen LogP contribution in [-0.4, -0.2) is 31.2 Å². The van der Waals surface area contributed by atoms with Crippen LogP contribution in [0.2, 0.25) is 0 Å². The van der Waals surface area contributed by atoms with Gasteiger partial charge in [-0.1, -0.05) is 6.92 Å². The SMILES string of the molecule is CC1CC1NC(=O)CNCC(F)(F)F. The molecular weight excluding hydrogens is 197 g/mol. The minimum absolute atomic E-state index is 0.162. The van der Waals surface area contributed by atoms with Crippen LogP contribution in [0.4, 0.5) is 13.2 Å². The smallest absolute Gasteiger partial charge is 0.352 e. The van der Waals surface area contributed by atoms with E-state index in [0.29, 0.717) is 5.92 Å². The van der Waals surface area contributed by atoms with Gasteiger partial charge in [-0.2, -0.15) is 13.2 Å². The Bertz CT molecular complexity index is 217. The van der Waals surface area contributed by atoms with Crippen molar-refractivity contribution in [1.82, 2.24) is 10.6 Å². The molecule has 1 rings (SSSR count). The maximum absolute atomic E-state index is 11.6. The summed E-state index contributed by atoms with van der Waals surface area (Å²) in [6.07, 6.45) is -3.34. The van der Waals surface area contributed by atoms with Crippen molar-refractivity contribution in [2.45, 2.75) is 25.6 Å². The van der Waals surface area contributed by atoms with E-state index in [0.717, 1.165) is 6.42 Å². The van der Waals surface area contributed by atoms with Crippen LogP contribution in [0.5, 0.6) is 0 Å². The highest BCUT2D eigenvalue weighted by Gasteiger charge is 2.33. The van der Waals surface area contributed by atoms with Crippen molar-refractivity contribution in [3.05, 3.63) is 0 Å². The fraction of sp³-hybridized carbons (Fsp3) is 0.875. The lowest BCUT2D eigenvalue weighted by atomic mass is 10.4. The van der Waals surface area contributed by atoms with Gasteiger partial charge in [-0.05, 0) is 12.3 Å². The second-order valence-corrected chi connectivity index (χ2v) is 3.61. The third kappa shape index (κ3) is 4.45. The second-order valence-electron chi connectivity index (χ2n) is 3.61. The summed E-state index contributed by atoms with van der Waals surface area (Å²) in [5, 5.41) is 4.66. The zero-order chi connectivity index (χ0) is 10.8. The zero-order valence-corrected chi connectivity index (χ0v) is 7.82. The van der Waals surface area contributed by atoms with Crippen molar-refractivity contribution in [1.29, 1.82) is 0 Å². The number of rotatable bonds is 4. The molecule has 0 bridgehead atoms. The summed E-state index contributed by atoms with van der Waals surface area (Å²) in [5.74, 6) is 0.0881. The molecule has 1 fully saturated rings. The van der Waals surface area contributed by atoms with E-state index in [1.165, 1.54) is 0 Å². The molecule has 0 saturated heterocycles. The monoisotopic (exact) mass is 210 g/mol. The quantitative estimate of drug-likeness (QED) is 0.715. The number of carbonyl (C=O) groups is 1. The number of hydrogen-bond acceptors (Lipinski definition) is 2. The predicted octanol–water partition coefficient (Wildman–Crippen LogP) is 0.663. The van der Waals surface area contributed by atoms with Crippen LogP contribution in [-0.2, 0) is 4.79 Å². The van der Waals surface area contributed by atoms with E-state index in [1.54, 1.807) is 0 Å². The van der Waals surface area contributed by atoms with Gasteiger partial charge in [-0.25, -0.2) is 0 Å². The van der Waals surface area contributed by atoms with Crippen LogP contribution in [0.1, 0.15) is 13.3 Å². The lowest BCUT2D eigenvalue weighted by molar-refractivity contribution is -0.128. The zero-order valence-electron chi connectivity index (χ0n) is 7.82. The summed E-state index contributed by atoms with van der Waals surface area (Å²) in [5.41, 5.74) is 0. The van der Waals surface area contributed by atoms with Crippen LogP contribution >= 0.6 is 0 Å². The summed E-state index contributed by atoms with van der Waals surface area (Å²) < 4.78 is 34.9. The van der Waals surface area contributed by atoms with Crippen LogP contribution in [0.15, 0.2) is 0 Å². The average Bonchev–Trinajstić information content (AvgIpc) is 2.63. The van der Waals surface area contributed by atoms with Gasteiger partial charge in [0.1, 0.15) is 0 Å². The Kier molecular flexibility index (Phi) is 3.36. The van der Waals surface area contributed by atoms with E-state index in [1.807, 2.05) is 12.2 Å². The van der Waals surface area contributed by atoms with E-state index < -0.39 is 12.7 Å². The molecule has 6 heteroatoms. The molecule has 0 aliphatic heterocycles. The van der Waals surface area contributed by atoms with Crippen molar-refractivity contribution < 1.29 is 18.0 Å². The van der Waals surface area contributed by atoms with Crippen LogP contribution in [0.3, 0.4) is 0 Å². The molecule has 1 amide bonds. The fourth-order valence-corrected chi connectivity index (χ4v) is 1.10. The molecule has 0 aromatic carbocycles. The molecule has 1 aliphatic rings. The van der Waals surface area contributed by atoms with Crippen molar-refractivity contribution in [2.75, 3.05) is 13.1 Å². The number of amides is 1.